The van der Waals surface area contributed by atoms with E-state index in [1.54, 1.807) is 25.1 Å². The number of primary amides is 1. The molecule has 88 valence electrons. The highest BCUT2D eigenvalue weighted by molar-refractivity contribution is 5.79. The Balaban J connectivity index is 2.97. The minimum Gasteiger partial charge on any atom is -0.373 e. The average molecular weight is 223 g/mol. The van der Waals surface area contributed by atoms with Gasteiger partial charge in [-0.1, -0.05) is 6.92 Å². The van der Waals surface area contributed by atoms with E-state index in [0.29, 0.717) is 5.82 Å². The number of aryl methyl sites for hydroxylation is 1. The summed E-state index contributed by atoms with van der Waals surface area (Å²) in [6.07, 6.45) is 0.743. The van der Waals surface area contributed by atoms with Crippen molar-refractivity contribution in [2.75, 3.05) is 30.9 Å². The van der Waals surface area contributed by atoms with Gasteiger partial charge in [0.1, 0.15) is 17.5 Å². The summed E-state index contributed by atoms with van der Waals surface area (Å²) in [5.41, 5.74) is 5.13. The first kappa shape index (κ1) is 12.2. The maximum atomic E-state index is 10.8. The van der Waals surface area contributed by atoms with Gasteiger partial charge in [0.25, 0.3) is 0 Å². The molecule has 1 rings (SSSR count). The van der Waals surface area contributed by atoms with E-state index < -0.39 is 0 Å². The number of anilines is 2. The summed E-state index contributed by atoms with van der Waals surface area (Å²) in [5.74, 6) is 1.77. The highest BCUT2D eigenvalue weighted by Crippen LogP contribution is 2.14. The Labute approximate surface area is 94.9 Å². The van der Waals surface area contributed by atoms with E-state index >= 15 is 0 Å². The molecule has 0 aliphatic carbocycles. The van der Waals surface area contributed by atoms with Crippen LogP contribution in [0.3, 0.4) is 0 Å². The first-order chi connectivity index (χ1) is 7.56. The molecule has 0 aliphatic heterocycles. The summed E-state index contributed by atoms with van der Waals surface area (Å²) >= 11 is 0. The summed E-state index contributed by atoms with van der Waals surface area (Å²) in [7, 11) is 3.56. The van der Waals surface area contributed by atoms with Gasteiger partial charge < -0.3 is 16.0 Å². The van der Waals surface area contributed by atoms with Crippen LogP contribution >= 0.6 is 0 Å². The molecule has 0 aliphatic rings. The molecule has 0 radical (unpaired) electrons. The third kappa shape index (κ3) is 3.08. The molecule has 0 atom stereocenters. The molecule has 16 heavy (non-hydrogen) atoms. The molecule has 1 aromatic heterocycles. The second-order valence-corrected chi connectivity index (χ2v) is 3.45. The maximum Gasteiger partial charge on any atom is 0.236 e. The van der Waals surface area contributed by atoms with E-state index in [1.807, 2.05) is 6.92 Å². The fourth-order valence-corrected chi connectivity index (χ4v) is 1.28. The summed E-state index contributed by atoms with van der Waals surface area (Å²) in [6, 6.07) is 1.78. The van der Waals surface area contributed by atoms with Crippen LogP contribution in [0.4, 0.5) is 11.6 Å². The number of carbonyl (C=O) groups is 1. The zero-order valence-corrected chi connectivity index (χ0v) is 9.82. The van der Waals surface area contributed by atoms with Gasteiger partial charge in [-0.15, -0.1) is 0 Å². The molecule has 1 heterocycles. The largest absolute Gasteiger partial charge is 0.373 e. The van der Waals surface area contributed by atoms with Crippen LogP contribution in [0.5, 0.6) is 0 Å². The molecule has 6 nitrogen and oxygen atoms in total. The lowest BCUT2D eigenvalue weighted by Gasteiger charge is -2.17. The predicted molar refractivity (Wildman–Crippen MR) is 63.4 cm³/mol. The zero-order chi connectivity index (χ0) is 12.1. The van der Waals surface area contributed by atoms with Gasteiger partial charge in [-0.05, 0) is 0 Å². The number of hydrogen-bond donors (Lipinski definition) is 2. The van der Waals surface area contributed by atoms with Crippen molar-refractivity contribution < 1.29 is 4.79 Å². The number of nitrogens with zero attached hydrogens (tertiary/aromatic N) is 3. The lowest BCUT2D eigenvalue weighted by molar-refractivity contribution is -0.116. The van der Waals surface area contributed by atoms with Gasteiger partial charge in [0.05, 0.1) is 6.54 Å². The molecule has 0 saturated carbocycles. The van der Waals surface area contributed by atoms with Crippen molar-refractivity contribution in [2.24, 2.45) is 5.73 Å². The quantitative estimate of drug-likeness (QED) is 0.734. The third-order valence-electron chi connectivity index (χ3n) is 2.12. The van der Waals surface area contributed by atoms with Crippen LogP contribution in [0.2, 0.25) is 0 Å². The molecule has 1 aromatic rings. The smallest absolute Gasteiger partial charge is 0.236 e. The minimum atomic E-state index is -0.384. The topological polar surface area (TPSA) is 84.1 Å². The Morgan fingerprint density at radius 1 is 1.56 bits per heavy atom. The summed E-state index contributed by atoms with van der Waals surface area (Å²) in [4.78, 5) is 21.1. The van der Waals surface area contributed by atoms with Crippen molar-refractivity contribution in [2.45, 2.75) is 13.3 Å². The second kappa shape index (κ2) is 5.29. The first-order valence-corrected chi connectivity index (χ1v) is 5.12. The summed E-state index contributed by atoms with van der Waals surface area (Å²) < 4.78 is 0. The SMILES string of the molecule is CCc1nc(NC)cc(N(C)CC(N)=O)n1. The number of aromatic nitrogens is 2. The number of nitrogens with two attached hydrogens (primary N) is 1. The summed E-state index contributed by atoms with van der Waals surface area (Å²) in [5, 5.41) is 2.96. The van der Waals surface area contributed by atoms with E-state index in [0.717, 1.165) is 18.1 Å². The van der Waals surface area contributed by atoms with Crippen molar-refractivity contribution in [3.05, 3.63) is 11.9 Å². The molecule has 0 bridgehead atoms. The number of likely N-dealkylation sites (N-methyl/N-ethyl adjacent to an activating group) is 1. The van der Waals surface area contributed by atoms with Crippen LogP contribution in [0.1, 0.15) is 12.7 Å². The normalized spacial score (nSPS) is 9.94. The van der Waals surface area contributed by atoms with Gasteiger partial charge in [-0.2, -0.15) is 0 Å². The average Bonchev–Trinajstić information content (AvgIpc) is 2.27. The number of hydrogen-bond acceptors (Lipinski definition) is 5. The Kier molecular flexibility index (Phi) is 4.04. The molecule has 6 heteroatoms. The fraction of sp³-hybridized carbons (Fsp3) is 0.500. The van der Waals surface area contributed by atoms with Crippen LogP contribution < -0.4 is 16.0 Å². The van der Waals surface area contributed by atoms with Crippen LogP contribution in [-0.4, -0.2) is 36.5 Å². The molecular weight excluding hydrogens is 206 g/mol. The molecule has 0 fully saturated rings. The fourth-order valence-electron chi connectivity index (χ4n) is 1.28. The molecule has 0 saturated heterocycles. The van der Waals surface area contributed by atoms with E-state index in [1.165, 1.54) is 0 Å². The third-order valence-corrected chi connectivity index (χ3v) is 2.12. The molecule has 0 aromatic carbocycles. The molecule has 0 unspecified atom stereocenters. The van der Waals surface area contributed by atoms with E-state index in [9.17, 15) is 4.79 Å². The van der Waals surface area contributed by atoms with E-state index in [4.69, 9.17) is 5.73 Å². The van der Waals surface area contributed by atoms with Crippen molar-refractivity contribution in [1.29, 1.82) is 0 Å². The lowest BCUT2D eigenvalue weighted by Crippen LogP contribution is -2.31. The Hall–Kier alpha value is -1.85. The number of nitrogens with one attached hydrogen (secondary N) is 1. The highest BCUT2D eigenvalue weighted by Gasteiger charge is 2.08. The van der Waals surface area contributed by atoms with Crippen molar-refractivity contribution >= 4 is 17.5 Å². The highest BCUT2D eigenvalue weighted by atomic mass is 16.1. The van der Waals surface area contributed by atoms with Crippen molar-refractivity contribution in [1.82, 2.24) is 9.97 Å². The van der Waals surface area contributed by atoms with Gasteiger partial charge in [-0.25, -0.2) is 9.97 Å². The minimum absolute atomic E-state index is 0.142. The summed E-state index contributed by atoms with van der Waals surface area (Å²) in [6.45, 7) is 2.12. The van der Waals surface area contributed by atoms with Gasteiger partial charge in [0.15, 0.2) is 0 Å². The zero-order valence-electron chi connectivity index (χ0n) is 9.82. The van der Waals surface area contributed by atoms with Gasteiger partial charge >= 0.3 is 0 Å². The second-order valence-electron chi connectivity index (χ2n) is 3.45. The number of rotatable bonds is 5. The standard InChI is InChI=1S/C10H17N5O/c1-4-8-13-9(12-2)5-10(14-8)15(3)6-7(11)16/h5H,4,6H2,1-3H3,(H2,11,16)(H,12,13,14). The van der Waals surface area contributed by atoms with Gasteiger partial charge in [-0.3, -0.25) is 4.79 Å². The predicted octanol–water partition coefficient (Wildman–Crippen LogP) is 0.00220. The number of carbonyl (C=O) groups excluding carboxylic acids is 1. The lowest BCUT2D eigenvalue weighted by atomic mass is 10.4. The van der Waals surface area contributed by atoms with Gasteiger partial charge in [0, 0.05) is 26.6 Å². The van der Waals surface area contributed by atoms with Crippen molar-refractivity contribution in [3.8, 4) is 0 Å². The Morgan fingerprint density at radius 2 is 2.25 bits per heavy atom. The van der Waals surface area contributed by atoms with Gasteiger partial charge in [0.2, 0.25) is 5.91 Å². The molecular formula is C10H17N5O. The van der Waals surface area contributed by atoms with Crippen molar-refractivity contribution in [3.63, 3.8) is 0 Å². The van der Waals surface area contributed by atoms with E-state index in [-0.39, 0.29) is 12.5 Å². The van der Waals surface area contributed by atoms with Crippen LogP contribution in [-0.2, 0) is 11.2 Å². The van der Waals surface area contributed by atoms with Crippen LogP contribution in [0.15, 0.2) is 6.07 Å². The molecule has 3 N–H and O–H groups in total. The number of amides is 1. The monoisotopic (exact) mass is 223 g/mol. The Morgan fingerprint density at radius 3 is 2.75 bits per heavy atom. The Bertz CT molecular complexity index is 357. The first-order valence-electron chi connectivity index (χ1n) is 5.12. The molecule has 0 spiro atoms. The van der Waals surface area contributed by atoms with Crippen LogP contribution in [0.25, 0.3) is 0 Å². The maximum absolute atomic E-state index is 10.8. The van der Waals surface area contributed by atoms with E-state index in [2.05, 4.69) is 15.3 Å². The van der Waals surface area contributed by atoms with Crippen LogP contribution in [0, 0.1) is 0 Å². The molecule has 1 amide bonds.